The fourth-order valence-electron chi connectivity index (χ4n) is 8.47. The third kappa shape index (κ3) is 13.2. The first-order valence-corrected chi connectivity index (χ1v) is 23.1. The average molecular weight is 928 g/mol. The smallest absolute Gasteiger partial charge is 0.329 e. The highest BCUT2D eigenvalue weighted by Crippen LogP contribution is 2.23. The number of hydrogen-bond donors (Lipinski definition) is 0. The van der Waals surface area contributed by atoms with Crippen LogP contribution in [-0.4, -0.2) is 108 Å². The number of ether oxygens (including phenoxy) is 3. The number of nitrogens with zero attached hydrogens (tertiary/aromatic N) is 3. The van der Waals surface area contributed by atoms with Gasteiger partial charge in [0.15, 0.2) is 18.3 Å². The number of carbonyl (C=O) groups excluding carboxylic acids is 6. The Labute approximate surface area is 403 Å². The van der Waals surface area contributed by atoms with Crippen molar-refractivity contribution in [2.24, 2.45) is 0 Å². The standard InChI is InChI=1S/C57H57N3O9/c1-58-46(34-40-22-10-4-11-23-40)55(64)68-50(38-44-30-18-8-19-31-44)53(62)60(3)48(36-42-26-14-6-15-27-42)57(66)69-51(39-45-32-20-9-21-33-45)54(63)59(2)47(35-41-24-12-5-13-25-41)56(65)67-49(52(58)61)37-43-28-16-7-17-29-43/h4-33,46-51H,34-39H2,1-3H3/t46-,47-,48-,49+,50+,51+/m0/s1. The lowest BCUT2D eigenvalue weighted by molar-refractivity contribution is -0.176. The number of cyclic esters (lactones) is 3. The molecule has 3 amide bonds. The minimum absolute atomic E-state index is 0.0182. The predicted molar refractivity (Wildman–Crippen MR) is 260 cm³/mol. The molecule has 0 N–H and O–H groups in total. The van der Waals surface area contributed by atoms with Crippen molar-refractivity contribution in [3.63, 3.8) is 0 Å². The Morgan fingerprint density at radius 1 is 0.290 bits per heavy atom. The maximum atomic E-state index is 15.1. The number of hydrogen-bond acceptors (Lipinski definition) is 9. The minimum atomic E-state index is -1.48. The molecule has 69 heavy (non-hydrogen) atoms. The summed E-state index contributed by atoms with van der Waals surface area (Å²) in [4.78, 5) is 93.6. The molecule has 6 aromatic rings. The van der Waals surface area contributed by atoms with Crippen LogP contribution in [0, 0.1) is 0 Å². The van der Waals surface area contributed by atoms with Crippen molar-refractivity contribution in [1.29, 1.82) is 0 Å². The monoisotopic (exact) mass is 927 g/mol. The molecule has 0 aliphatic carbocycles. The fourth-order valence-corrected chi connectivity index (χ4v) is 8.47. The van der Waals surface area contributed by atoms with Gasteiger partial charge in [-0.05, 0) is 33.4 Å². The van der Waals surface area contributed by atoms with Crippen molar-refractivity contribution in [2.45, 2.75) is 75.0 Å². The molecule has 1 aliphatic heterocycles. The zero-order valence-electron chi connectivity index (χ0n) is 39.0. The summed E-state index contributed by atoms with van der Waals surface area (Å²) in [7, 11) is 4.33. The molecule has 1 heterocycles. The molecular formula is C57H57N3O9. The second-order valence-corrected chi connectivity index (χ2v) is 17.3. The van der Waals surface area contributed by atoms with Crippen LogP contribution in [0.25, 0.3) is 0 Å². The summed E-state index contributed by atoms with van der Waals surface area (Å²) in [6.07, 6.45) is -4.73. The van der Waals surface area contributed by atoms with Crippen molar-refractivity contribution in [3.8, 4) is 0 Å². The second kappa shape index (κ2) is 23.7. The number of rotatable bonds is 12. The molecule has 0 unspecified atom stereocenters. The molecule has 1 fully saturated rings. The molecule has 6 aromatic carbocycles. The molecular weight excluding hydrogens is 871 g/mol. The predicted octanol–water partition coefficient (Wildman–Crippen LogP) is 6.67. The van der Waals surface area contributed by atoms with Gasteiger partial charge in [0, 0.05) is 59.7 Å². The summed E-state index contributed by atoms with van der Waals surface area (Å²) in [5, 5.41) is 0. The lowest BCUT2D eigenvalue weighted by Gasteiger charge is -2.35. The molecule has 1 saturated heterocycles. The lowest BCUT2D eigenvalue weighted by atomic mass is 10.0. The summed E-state index contributed by atoms with van der Waals surface area (Å²) < 4.78 is 18.8. The average Bonchev–Trinajstić information content (AvgIpc) is 3.38. The van der Waals surface area contributed by atoms with E-state index in [0.717, 1.165) is 0 Å². The summed E-state index contributed by atoms with van der Waals surface area (Å²) in [5.74, 6) is -4.79. The van der Waals surface area contributed by atoms with Crippen LogP contribution in [0.2, 0.25) is 0 Å². The highest BCUT2D eigenvalue weighted by Gasteiger charge is 2.43. The van der Waals surface area contributed by atoms with Crippen molar-refractivity contribution in [2.75, 3.05) is 21.1 Å². The van der Waals surface area contributed by atoms with Gasteiger partial charge in [0.2, 0.25) is 0 Å². The molecule has 0 bridgehead atoms. The van der Waals surface area contributed by atoms with Crippen molar-refractivity contribution < 1.29 is 43.0 Å². The highest BCUT2D eigenvalue weighted by molar-refractivity contribution is 5.94. The van der Waals surface area contributed by atoms with E-state index < -0.39 is 72.1 Å². The topological polar surface area (TPSA) is 140 Å². The molecule has 12 nitrogen and oxygen atoms in total. The Morgan fingerprint density at radius 3 is 0.652 bits per heavy atom. The van der Waals surface area contributed by atoms with Gasteiger partial charge < -0.3 is 28.9 Å². The minimum Gasteiger partial charge on any atom is -0.450 e. The first-order chi connectivity index (χ1) is 33.4. The Kier molecular flexibility index (Phi) is 16.9. The van der Waals surface area contributed by atoms with Gasteiger partial charge in [0.1, 0.15) is 18.1 Å². The maximum Gasteiger partial charge on any atom is 0.329 e. The SMILES string of the molecule is CN1C(=O)[C@@H](Cc2ccccc2)OC(=O)[C@H](Cc2ccccc2)N(C)C(=O)[C@@H](Cc2ccccc2)OC(=O)[C@H](Cc2ccccc2)N(C)C(=O)[C@@H](Cc2ccccc2)OC(=O)[C@@H]1Cc1ccccc1. The third-order valence-electron chi connectivity index (χ3n) is 12.5. The van der Waals surface area contributed by atoms with E-state index in [-0.39, 0.29) is 38.5 Å². The van der Waals surface area contributed by atoms with Gasteiger partial charge in [-0.2, -0.15) is 0 Å². The molecule has 0 spiro atoms. The number of carbonyl (C=O) groups is 6. The number of benzene rings is 6. The third-order valence-corrected chi connectivity index (χ3v) is 12.5. The summed E-state index contributed by atoms with van der Waals surface area (Å²) in [6.45, 7) is 0. The van der Waals surface area contributed by atoms with Gasteiger partial charge in [-0.1, -0.05) is 182 Å². The zero-order valence-corrected chi connectivity index (χ0v) is 39.0. The van der Waals surface area contributed by atoms with E-state index in [1.807, 2.05) is 72.8 Å². The van der Waals surface area contributed by atoms with E-state index in [2.05, 4.69) is 0 Å². The Balaban J connectivity index is 1.37. The van der Waals surface area contributed by atoms with E-state index in [1.54, 1.807) is 109 Å². The molecule has 354 valence electrons. The van der Waals surface area contributed by atoms with Crippen LogP contribution in [0.3, 0.4) is 0 Å². The zero-order chi connectivity index (χ0) is 48.7. The van der Waals surface area contributed by atoms with Gasteiger partial charge in [-0.15, -0.1) is 0 Å². The Hall–Kier alpha value is -7.86. The van der Waals surface area contributed by atoms with E-state index in [1.165, 1.54) is 35.8 Å². The molecule has 6 atom stereocenters. The van der Waals surface area contributed by atoms with Crippen LogP contribution >= 0.6 is 0 Å². The normalized spacial score (nSPS) is 21.2. The van der Waals surface area contributed by atoms with Crippen molar-refractivity contribution in [3.05, 3.63) is 215 Å². The Morgan fingerprint density at radius 2 is 0.464 bits per heavy atom. The van der Waals surface area contributed by atoms with E-state index in [9.17, 15) is 14.4 Å². The molecule has 0 radical (unpaired) electrons. The van der Waals surface area contributed by atoms with E-state index in [4.69, 9.17) is 14.2 Å². The van der Waals surface area contributed by atoms with Gasteiger partial charge in [0.25, 0.3) is 17.7 Å². The number of likely N-dealkylation sites (N-methyl/N-ethyl adjacent to an activating group) is 3. The Bertz CT molecular complexity index is 2350. The van der Waals surface area contributed by atoms with Gasteiger partial charge in [0.05, 0.1) is 0 Å². The lowest BCUT2D eigenvalue weighted by Crippen LogP contribution is -2.56. The van der Waals surface area contributed by atoms with E-state index in [0.29, 0.717) is 33.4 Å². The second-order valence-electron chi connectivity index (χ2n) is 17.3. The van der Waals surface area contributed by atoms with Crippen LogP contribution in [-0.2, 0) is 81.5 Å². The van der Waals surface area contributed by atoms with Gasteiger partial charge in [-0.25, -0.2) is 14.4 Å². The van der Waals surface area contributed by atoms with Crippen molar-refractivity contribution in [1.82, 2.24) is 14.7 Å². The number of esters is 3. The maximum absolute atomic E-state index is 15.1. The van der Waals surface area contributed by atoms with Crippen LogP contribution < -0.4 is 0 Å². The molecule has 1 aliphatic rings. The summed E-state index contributed by atoms with van der Waals surface area (Å²) in [5.41, 5.74) is 4.09. The van der Waals surface area contributed by atoms with Crippen molar-refractivity contribution >= 4 is 35.6 Å². The van der Waals surface area contributed by atoms with E-state index >= 15 is 14.4 Å². The molecule has 12 heteroatoms. The largest absolute Gasteiger partial charge is 0.450 e. The highest BCUT2D eigenvalue weighted by atomic mass is 16.6. The first kappa shape index (κ1) is 49.1. The molecule has 0 saturated carbocycles. The van der Waals surface area contributed by atoms with Crippen LogP contribution in [0.4, 0.5) is 0 Å². The molecule has 0 aromatic heterocycles. The molecule has 7 rings (SSSR count). The fraction of sp³-hybridized carbons (Fsp3) is 0.263. The first-order valence-electron chi connectivity index (χ1n) is 23.1. The van der Waals surface area contributed by atoms with Crippen LogP contribution in [0.1, 0.15) is 33.4 Å². The van der Waals surface area contributed by atoms with Crippen LogP contribution in [0.5, 0.6) is 0 Å². The van der Waals surface area contributed by atoms with Gasteiger partial charge >= 0.3 is 17.9 Å². The summed E-state index contributed by atoms with van der Waals surface area (Å²) >= 11 is 0. The quantitative estimate of drug-likeness (QED) is 0.0973. The van der Waals surface area contributed by atoms with Crippen LogP contribution in [0.15, 0.2) is 182 Å². The van der Waals surface area contributed by atoms with Gasteiger partial charge in [-0.3, -0.25) is 14.4 Å². The number of amides is 3. The summed E-state index contributed by atoms with van der Waals surface area (Å²) in [6, 6.07) is 50.3.